The molecule has 2 aliphatic heterocycles. The fraction of sp³-hybridized carbons (Fsp3) is 0.276. The fourth-order valence-corrected chi connectivity index (χ4v) is 4.96. The molecule has 8 nitrogen and oxygen atoms in total. The number of hydrogen-bond donors (Lipinski definition) is 1. The Morgan fingerprint density at radius 1 is 1.03 bits per heavy atom. The van der Waals surface area contributed by atoms with Crippen molar-refractivity contribution in [2.75, 3.05) is 25.3 Å². The Morgan fingerprint density at radius 3 is 2.55 bits per heavy atom. The van der Waals surface area contributed by atoms with E-state index in [0.717, 1.165) is 16.9 Å². The number of amides is 2. The summed E-state index contributed by atoms with van der Waals surface area (Å²) in [5.41, 5.74) is 2.66. The standard InChI is InChI=1S/C29H29N3O5S/c1-2-35-23-11-9-22(10-12-23)30-27(33)17-24-28(34)31(15-14-20-6-4-3-5-7-20)29(38)32(24)18-21-8-13-25-26(16-21)37-19-36-25/h3-13,16,24H,2,14-15,17-19H2,1H3,(H,30,33). The molecule has 9 heteroatoms. The summed E-state index contributed by atoms with van der Waals surface area (Å²) < 4.78 is 16.4. The highest BCUT2D eigenvalue weighted by molar-refractivity contribution is 7.80. The number of rotatable bonds is 10. The summed E-state index contributed by atoms with van der Waals surface area (Å²) in [5, 5.41) is 3.31. The molecule has 2 aliphatic rings. The lowest BCUT2D eigenvalue weighted by Crippen LogP contribution is -2.37. The lowest BCUT2D eigenvalue weighted by atomic mass is 10.1. The van der Waals surface area contributed by atoms with Gasteiger partial charge in [0, 0.05) is 18.8 Å². The van der Waals surface area contributed by atoms with Crippen molar-refractivity contribution in [1.29, 1.82) is 0 Å². The zero-order chi connectivity index (χ0) is 26.5. The van der Waals surface area contributed by atoms with E-state index in [1.165, 1.54) is 0 Å². The van der Waals surface area contributed by atoms with E-state index in [9.17, 15) is 9.59 Å². The van der Waals surface area contributed by atoms with Crippen molar-refractivity contribution in [2.45, 2.75) is 32.4 Å². The van der Waals surface area contributed by atoms with Gasteiger partial charge in [-0.2, -0.15) is 0 Å². The van der Waals surface area contributed by atoms with Crippen LogP contribution in [0.2, 0.25) is 0 Å². The first-order valence-corrected chi connectivity index (χ1v) is 13.0. The monoisotopic (exact) mass is 531 g/mol. The molecular weight excluding hydrogens is 502 g/mol. The first kappa shape index (κ1) is 25.5. The highest BCUT2D eigenvalue weighted by Crippen LogP contribution is 2.34. The smallest absolute Gasteiger partial charge is 0.252 e. The van der Waals surface area contributed by atoms with Crippen LogP contribution in [0.1, 0.15) is 24.5 Å². The molecular formula is C29H29N3O5S. The summed E-state index contributed by atoms with van der Waals surface area (Å²) in [6, 6.07) is 22.0. The zero-order valence-corrected chi connectivity index (χ0v) is 21.9. The molecule has 0 radical (unpaired) electrons. The molecule has 1 atom stereocenters. The van der Waals surface area contributed by atoms with Gasteiger partial charge in [-0.05, 0) is 73.1 Å². The number of thiocarbonyl (C=S) groups is 1. The maximum absolute atomic E-state index is 13.6. The Balaban J connectivity index is 1.32. The van der Waals surface area contributed by atoms with Gasteiger partial charge in [-0.1, -0.05) is 36.4 Å². The van der Waals surface area contributed by atoms with E-state index in [2.05, 4.69) is 5.32 Å². The van der Waals surface area contributed by atoms with E-state index in [1.807, 2.05) is 60.4 Å². The summed E-state index contributed by atoms with van der Waals surface area (Å²) in [6.07, 6.45) is 0.633. The third-order valence-electron chi connectivity index (χ3n) is 6.49. The molecule has 1 fully saturated rings. The van der Waals surface area contributed by atoms with Crippen molar-refractivity contribution >= 4 is 34.8 Å². The van der Waals surface area contributed by atoms with Crippen molar-refractivity contribution in [3.05, 3.63) is 83.9 Å². The number of carbonyl (C=O) groups is 2. The number of nitrogens with one attached hydrogen (secondary N) is 1. The van der Waals surface area contributed by atoms with E-state index < -0.39 is 6.04 Å². The van der Waals surface area contributed by atoms with Crippen molar-refractivity contribution in [2.24, 2.45) is 0 Å². The van der Waals surface area contributed by atoms with Crippen molar-refractivity contribution in [1.82, 2.24) is 9.80 Å². The van der Waals surface area contributed by atoms with Crippen LogP contribution in [0.15, 0.2) is 72.8 Å². The second-order valence-corrected chi connectivity index (χ2v) is 9.41. The van der Waals surface area contributed by atoms with Crippen LogP contribution in [-0.4, -0.2) is 52.7 Å². The fourth-order valence-electron chi connectivity index (χ4n) is 4.59. The molecule has 1 saturated heterocycles. The molecule has 196 valence electrons. The predicted molar refractivity (Wildman–Crippen MR) is 147 cm³/mol. The molecule has 0 saturated carbocycles. The van der Waals surface area contributed by atoms with Gasteiger partial charge in [0.2, 0.25) is 12.7 Å². The Kier molecular flexibility index (Phi) is 7.74. The Hall–Kier alpha value is -4.11. The molecule has 1 unspecified atom stereocenters. The molecule has 0 spiro atoms. The SMILES string of the molecule is CCOc1ccc(NC(=O)CC2C(=O)N(CCc3ccccc3)C(=S)N2Cc2ccc3c(c2)OCO3)cc1. The molecule has 3 aromatic carbocycles. The summed E-state index contributed by atoms with van der Waals surface area (Å²) in [4.78, 5) is 30.1. The van der Waals surface area contributed by atoms with E-state index in [1.54, 1.807) is 29.2 Å². The number of ether oxygens (including phenoxy) is 3. The second kappa shape index (κ2) is 11.5. The molecule has 2 heterocycles. The number of anilines is 1. The molecule has 1 N–H and O–H groups in total. The Labute approximate surface area is 227 Å². The van der Waals surface area contributed by atoms with E-state index in [-0.39, 0.29) is 25.0 Å². The second-order valence-electron chi connectivity index (χ2n) is 9.05. The molecule has 5 rings (SSSR count). The van der Waals surface area contributed by atoms with Gasteiger partial charge in [-0.3, -0.25) is 14.5 Å². The van der Waals surface area contributed by atoms with Gasteiger partial charge >= 0.3 is 0 Å². The molecule has 2 amide bonds. The number of benzene rings is 3. The first-order valence-electron chi connectivity index (χ1n) is 12.6. The summed E-state index contributed by atoms with van der Waals surface area (Å²) in [5.74, 6) is 1.63. The highest BCUT2D eigenvalue weighted by Gasteiger charge is 2.43. The summed E-state index contributed by atoms with van der Waals surface area (Å²) in [7, 11) is 0. The normalized spacial score (nSPS) is 16.2. The maximum atomic E-state index is 13.6. The van der Waals surface area contributed by atoms with Gasteiger partial charge in [0.15, 0.2) is 16.6 Å². The van der Waals surface area contributed by atoms with Gasteiger partial charge in [0.1, 0.15) is 11.8 Å². The quantitative estimate of drug-likeness (QED) is 0.389. The molecule has 0 aromatic heterocycles. The van der Waals surface area contributed by atoms with Gasteiger partial charge in [0.25, 0.3) is 5.91 Å². The van der Waals surface area contributed by atoms with Crippen LogP contribution in [0.4, 0.5) is 5.69 Å². The Morgan fingerprint density at radius 2 is 1.79 bits per heavy atom. The Bertz CT molecular complexity index is 1320. The maximum Gasteiger partial charge on any atom is 0.252 e. The van der Waals surface area contributed by atoms with Gasteiger partial charge in [0.05, 0.1) is 13.0 Å². The minimum atomic E-state index is -0.716. The largest absolute Gasteiger partial charge is 0.494 e. The lowest BCUT2D eigenvalue weighted by Gasteiger charge is -2.24. The van der Waals surface area contributed by atoms with E-state index >= 15 is 0 Å². The third kappa shape index (κ3) is 5.73. The average Bonchev–Trinajstić information content (AvgIpc) is 3.48. The van der Waals surface area contributed by atoms with Gasteiger partial charge in [-0.25, -0.2) is 0 Å². The topological polar surface area (TPSA) is 80.3 Å². The van der Waals surface area contributed by atoms with Crippen LogP contribution < -0.4 is 19.5 Å². The summed E-state index contributed by atoms with van der Waals surface area (Å²) in [6.45, 7) is 3.47. The summed E-state index contributed by atoms with van der Waals surface area (Å²) >= 11 is 5.78. The minimum Gasteiger partial charge on any atom is -0.494 e. The zero-order valence-electron chi connectivity index (χ0n) is 21.1. The van der Waals surface area contributed by atoms with Crippen LogP contribution in [0.5, 0.6) is 17.2 Å². The van der Waals surface area contributed by atoms with Crippen molar-refractivity contribution < 1.29 is 23.8 Å². The molecule has 0 aliphatic carbocycles. The third-order valence-corrected chi connectivity index (χ3v) is 6.94. The number of nitrogens with zero attached hydrogens (tertiary/aromatic N) is 2. The first-order chi connectivity index (χ1) is 18.5. The lowest BCUT2D eigenvalue weighted by molar-refractivity contribution is -0.130. The number of carbonyl (C=O) groups excluding carboxylic acids is 2. The molecule has 3 aromatic rings. The van der Waals surface area contributed by atoms with Crippen LogP contribution in [-0.2, 0) is 22.6 Å². The van der Waals surface area contributed by atoms with Gasteiger partial charge in [-0.15, -0.1) is 0 Å². The molecule has 38 heavy (non-hydrogen) atoms. The van der Waals surface area contributed by atoms with E-state index in [0.29, 0.717) is 48.4 Å². The average molecular weight is 532 g/mol. The van der Waals surface area contributed by atoms with Crippen LogP contribution in [0.3, 0.4) is 0 Å². The number of hydrogen-bond acceptors (Lipinski definition) is 6. The minimum absolute atomic E-state index is 0.0292. The highest BCUT2D eigenvalue weighted by atomic mass is 32.1. The number of fused-ring (bicyclic) bond motifs is 1. The van der Waals surface area contributed by atoms with Crippen LogP contribution in [0, 0.1) is 0 Å². The van der Waals surface area contributed by atoms with Crippen LogP contribution in [0.25, 0.3) is 0 Å². The van der Waals surface area contributed by atoms with Crippen molar-refractivity contribution in [3.8, 4) is 17.2 Å². The van der Waals surface area contributed by atoms with Crippen molar-refractivity contribution in [3.63, 3.8) is 0 Å². The van der Waals surface area contributed by atoms with E-state index in [4.69, 9.17) is 26.4 Å². The van der Waals surface area contributed by atoms with Crippen LogP contribution >= 0.6 is 12.2 Å². The predicted octanol–water partition coefficient (Wildman–Crippen LogP) is 4.38. The van der Waals surface area contributed by atoms with Gasteiger partial charge < -0.3 is 24.4 Å². The molecule has 0 bridgehead atoms.